The van der Waals surface area contributed by atoms with E-state index in [1.807, 2.05) is 0 Å². The molecule has 1 amide bonds. The zero-order valence-corrected chi connectivity index (χ0v) is 18.1. The van der Waals surface area contributed by atoms with E-state index in [-0.39, 0.29) is 35.7 Å². The fourth-order valence-corrected chi connectivity index (χ4v) is 4.21. The lowest BCUT2D eigenvalue weighted by atomic mass is 10.0. The topological polar surface area (TPSA) is 139 Å². The van der Waals surface area contributed by atoms with Gasteiger partial charge < -0.3 is 21.3 Å². The Morgan fingerprint density at radius 2 is 2.10 bits per heavy atom. The third-order valence-corrected chi connectivity index (χ3v) is 5.52. The number of aromatic nitrogens is 2. The van der Waals surface area contributed by atoms with Crippen LogP contribution in [0.25, 0.3) is 0 Å². The Labute approximate surface area is 186 Å². The molecule has 4 N–H and O–H groups in total. The van der Waals surface area contributed by atoms with Gasteiger partial charge in [0.15, 0.2) is 0 Å². The molecule has 11 heteroatoms. The summed E-state index contributed by atoms with van der Waals surface area (Å²) in [5, 5.41) is 17.3. The van der Waals surface area contributed by atoms with Gasteiger partial charge in [0.05, 0.1) is 10.6 Å². The first kappa shape index (κ1) is 22.5. The Balaban J connectivity index is 0.00000272. The lowest BCUT2D eigenvalue weighted by molar-refractivity contribution is -0.383. The van der Waals surface area contributed by atoms with Gasteiger partial charge in [0, 0.05) is 43.4 Å². The second-order valence-corrected chi connectivity index (χ2v) is 7.79. The highest BCUT2D eigenvalue weighted by Crippen LogP contribution is 2.33. The number of carbonyl (C=O) groups is 1. The number of piperidine rings is 1. The van der Waals surface area contributed by atoms with Crippen LogP contribution in [0.4, 0.5) is 28.8 Å². The third kappa shape index (κ3) is 4.96. The fraction of sp³-hybridized carbons (Fsp3) is 0.450. The van der Waals surface area contributed by atoms with Crippen LogP contribution in [0.2, 0.25) is 0 Å². The van der Waals surface area contributed by atoms with Gasteiger partial charge in [-0.15, -0.1) is 12.4 Å². The average molecular weight is 448 g/mol. The number of aryl methyl sites for hydroxylation is 1. The predicted molar refractivity (Wildman–Crippen MR) is 121 cm³/mol. The van der Waals surface area contributed by atoms with Gasteiger partial charge in [-0.2, -0.15) is 4.98 Å². The summed E-state index contributed by atoms with van der Waals surface area (Å²) >= 11 is 0. The molecule has 2 aromatic rings. The molecule has 2 aliphatic rings. The van der Waals surface area contributed by atoms with Gasteiger partial charge in [-0.25, -0.2) is 4.98 Å². The van der Waals surface area contributed by atoms with Crippen molar-refractivity contribution in [1.82, 2.24) is 15.3 Å². The van der Waals surface area contributed by atoms with Crippen LogP contribution in [-0.2, 0) is 17.6 Å². The number of hydrogen-bond donors (Lipinski definition) is 3. The first-order valence-corrected chi connectivity index (χ1v) is 10.1. The quantitative estimate of drug-likeness (QED) is 0.361. The van der Waals surface area contributed by atoms with Crippen molar-refractivity contribution >= 4 is 47.1 Å². The molecule has 0 unspecified atom stereocenters. The number of nitro benzene ring substituents is 1. The maximum absolute atomic E-state index is 11.5. The number of nitrogens with two attached hydrogens (primary N) is 1. The SMILES string of the molecule is CC(=O)N[C@@H]1CCCN(c2nc(Nc3ccc(N)c([N+](=O)[O-])c3)nc3c2CCC3)C1.Cl. The molecule has 10 nitrogen and oxygen atoms in total. The summed E-state index contributed by atoms with van der Waals surface area (Å²) in [5.74, 6) is 1.27. The lowest BCUT2D eigenvalue weighted by Crippen LogP contribution is -2.47. The normalized spacial score (nSPS) is 17.5. The number of amides is 1. The minimum absolute atomic E-state index is 0. The van der Waals surface area contributed by atoms with Crippen molar-refractivity contribution in [1.29, 1.82) is 0 Å². The van der Waals surface area contributed by atoms with E-state index in [0.717, 1.165) is 55.7 Å². The lowest BCUT2D eigenvalue weighted by Gasteiger charge is -2.35. The van der Waals surface area contributed by atoms with Gasteiger partial charge in [-0.3, -0.25) is 14.9 Å². The van der Waals surface area contributed by atoms with Crippen LogP contribution in [0, 0.1) is 10.1 Å². The fourth-order valence-electron chi connectivity index (χ4n) is 4.21. The Morgan fingerprint density at radius 1 is 1.29 bits per heavy atom. The zero-order chi connectivity index (χ0) is 21.3. The van der Waals surface area contributed by atoms with E-state index in [1.165, 1.54) is 19.1 Å². The molecule has 0 bridgehead atoms. The summed E-state index contributed by atoms with van der Waals surface area (Å²) in [7, 11) is 0. The molecule has 0 saturated carbocycles. The van der Waals surface area contributed by atoms with Crippen LogP contribution in [0.3, 0.4) is 0 Å². The maximum Gasteiger partial charge on any atom is 0.294 e. The molecule has 1 aliphatic carbocycles. The number of nitrogen functional groups attached to an aromatic ring is 1. The van der Waals surface area contributed by atoms with Crippen molar-refractivity contribution in [3.8, 4) is 0 Å². The largest absolute Gasteiger partial charge is 0.393 e. The van der Waals surface area contributed by atoms with E-state index < -0.39 is 4.92 Å². The molecule has 0 spiro atoms. The Bertz CT molecular complexity index is 1000. The van der Waals surface area contributed by atoms with Crippen LogP contribution < -0.4 is 21.3 Å². The van der Waals surface area contributed by atoms with Crippen molar-refractivity contribution < 1.29 is 9.72 Å². The summed E-state index contributed by atoms with van der Waals surface area (Å²) in [6, 6.07) is 4.66. The molecule has 0 radical (unpaired) electrons. The Morgan fingerprint density at radius 3 is 2.84 bits per heavy atom. The third-order valence-electron chi connectivity index (χ3n) is 5.52. The van der Waals surface area contributed by atoms with E-state index in [1.54, 1.807) is 6.07 Å². The standard InChI is InChI=1S/C20H25N7O3.ClH/c1-12(28)22-14-4-3-9-26(11-14)19-15-5-2-6-17(15)24-20(25-19)23-13-7-8-16(21)18(10-13)27(29)30;/h7-8,10,14H,2-6,9,11,21H2,1H3,(H,22,28)(H,23,24,25);1H/t14-;/m1./s1. The molecule has 1 atom stereocenters. The smallest absolute Gasteiger partial charge is 0.294 e. The Hall–Kier alpha value is -3.14. The van der Waals surface area contributed by atoms with Crippen molar-refractivity contribution in [2.24, 2.45) is 0 Å². The summed E-state index contributed by atoms with van der Waals surface area (Å²) < 4.78 is 0. The van der Waals surface area contributed by atoms with Gasteiger partial charge >= 0.3 is 0 Å². The molecule has 166 valence electrons. The van der Waals surface area contributed by atoms with Gasteiger partial charge in [0.1, 0.15) is 11.5 Å². The number of carbonyl (C=O) groups excluding carboxylic acids is 1. The van der Waals surface area contributed by atoms with Gasteiger partial charge in [-0.05, 0) is 44.2 Å². The number of nitrogens with zero attached hydrogens (tertiary/aromatic N) is 4. The summed E-state index contributed by atoms with van der Waals surface area (Å²) in [5.41, 5.74) is 8.32. The number of anilines is 4. The predicted octanol–water partition coefficient (Wildman–Crippen LogP) is 2.73. The molecule has 31 heavy (non-hydrogen) atoms. The van der Waals surface area contributed by atoms with Crippen molar-refractivity contribution in [2.75, 3.05) is 29.0 Å². The molecule has 1 aromatic carbocycles. The van der Waals surface area contributed by atoms with E-state index in [2.05, 4.69) is 20.5 Å². The van der Waals surface area contributed by atoms with Crippen LogP contribution in [0.15, 0.2) is 18.2 Å². The summed E-state index contributed by atoms with van der Waals surface area (Å²) in [4.78, 5) is 33.8. The molecule has 4 rings (SSSR count). The number of hydrogen-bond acceptors (Lipinski definition) is 8. The number of halogens is 1. The Kier molecular flexibility index (Phi) is 6.79. The van der Waals surface area contributed by atoms with E-state index in [0.29, 0.717) is 18.2 Å². The minimum atomic E-state index is -0.509. The number of nitrogens with one attached hydrogen (secondary N) is 2. The highest BCUT2D eigenvalue weighted by atomic mass is 35.5. The number of nitro groups is 1. The minimum Gasteiger partial charge on any atom is -0.393 e. The first-order valence-electron chi connectivity index (χ1n) is 10.1. The molecule has 1 aliphatic heterocycles. The molecule has 1 aromatic heterocycles. The summed E-state index contributed by atoms with van der Waals surface area (Å²) in [6.07, 6.45) is 4.75. The maximum atomic E-state index is 11.5. The van der Waals surface area contributed by atoms with E-state index >= 15 is 0 Å². The van der Waals surface area contributed by atoms with Crippen molar-refractivity contribution in [2.45, 2.75) is 45.1 Å². The highest BCUT2D eigenvalue weighted by Gasteiger charge is 2.27. The molecular formula is C20H26ClN7O3. The first-order chi connectivity index (χ1) is 14.4. The monoisotopic (exact) mass is 447 g/mol. The van der Waals surface area contributed by atoms with Gasteiger partial charge in [0.2, 0.25) is 11.9 Å². The zero-order valence-electron chi connectivity index (χ0n) is 17.3. The van der Waals surface area contributed by atoms with Crippen LogP contribution in [-0.4, -0.2) is 39.9 Å². The van der Waals surface area contributed by atoms with Crippen molar-refractivity contribution in [3.63, 3.8) is 0 Å². The number of rotatable bonds is 5. The van der Waals surface area contributed by atoms with E-state index in [9.17, 15) is 14.9 Å². The molecular weight excluding hydrogens is 422 g/mol. The average Bonchev–Trinajstić information content (AvgIpc) is 3.17. The van der Waals surface area contributed by atoms with E-state index in [4.69, 9.17) is 10.7 Å². The molecule has 2 heterocycles. The second kappa shape index (κ2) is 9.34. The van der Waals surface area contributed by atoms with Gasteiger partial charge in [-0.1, -0.05) is 0 Å². The van der Waals surface area contributed by atoms with Crippen LogP contribution >= 0.6 is 12.4 Å². The molecule has 1 saturated heterocycles. The highest BCUT2D eigenvalue weighted by molar-refractivity contribution is 5.85. The van der Waals surface area contributed by atoms with Crippen LogP contribution in [0.1, 0.15) is 37.4 Å². The number of fused-ring (bicyclic) bond motifs is 1. The van der Waals surface area contributed by atoms with Crippen molar-refractivity contribution in [3.05, 3.63) is 39.6 Å². The van der Waals surface area contributed by atoms with Crippen LogP contribution in [0.5, 0.6) is 0 Å². The molecule has 1 fully saturated rings. The second-order valence-electron chi connectivity index (χ2n) is 7.79. The van der Waals surface area contributed by atoms with Gasteiger partial charge in [0.25, 0.3) is 5.69 Å². The summed E-state index contributed by atoms with van der Waals surface area (Å²) in [6.45, 7) is 3.11. The number of benzene rings is 1.